The van der Waals surface area contributed by atoms with Crippen LogP contribution >= 0.6 is 23.2 Å². The van der Waals surface area contributed by atoms with Gasteiger partial charge < -0.3 is 10.2 Å². The molecule has 1 N–H and O–H groups in total. The Bertz CT molecular complexity index is 1720. The van der Waals surface area contributed by atoms with Gasteiger partial charge in [0.05, 0.1) is 10.0 Å². The second kappa shape index (κ2) is 10.7. The molecule has 0 fully saturated rings. The van der Waals surface area contributed by atoms with Gasteiger partial charge in [-0.15, -0.1) is 0 Å². The molecule has 198 valence electrons. The topological polar surface area (TPSA) is 41.0 Å². The standard InChI is InChI=1S/C34H28Cl2N4/c35-32-28(24-8-10-26-20-37-16-12-22(26)18-24)4-1-6-30(32)31-7-2-5-29(33(31)36)25-9-11-27-21-40(17-13-23(27)19-25)34-38-14-3-15-39-34/h1-11,14-15,18-19,37H,12-13,16-17,20-21H2. The van der Waals surface area contributed by atoms with Crippen molar-refractivity contribution >= 4 is 29.2 Å². The van der Waals surface area contributed by atoms with Gasteiger partial charge in [-0.3, -0.25) is 0 Å². The molecule has 7 rings (SSSR count). The summed E-state index contributed by atoms with van der Waals surface area (Å²) in [6.45, 7) is 3.62. The van der Waals surface area contributed by atoms with Gasteiger partial charge in [-0.05, 0) is 58.8 Å². The highest BCUT2D eigenvalue weighted by Crippen LogP contribution is 2.43. The molecule has 0 amide bonds. The third-order valence-electron chi connectivity index (χ3n) is 8.06. The van der Waals surface area contributed by atoms with E-state index in [-0.39, 0.29) is 0 Å². The summed E-state index contributed by atoms with van der Waals surface area (Å²) in [5, 5.41) is 4.89. The van der Waals surface area contributed by atoms with E-state index in [0.717, 1.165) is 83.4 Å². The van der Waals surface area contributed by atoms with Crippen molar-refractivity contribution in [2.75, 3.05) is 18.0 Å². The van der Waals surface area contributed by atoms with E-state index in [1.54, 1.807) is 12.4 Å². The van der Waals surface area contributed by atoms with Crippen molar-refractivity contribution in [2.45, 2.75) is 25.9 Å². The third-order valence-corrected chi connectivity index (χ3v) is 8.87. The van der Waals surface area contributed by atoms with Crippen LogP contribution in [0.15, 0.2) is 91.3 Å². The lowest BCUT2D eigenvalue weighted by Gasteiger charge is -2.29. The van der Waals surface area contributed by atoms with Gasteiger partial charge in [-0.25, -0.2) is 9.97 Å². The fraction of sp³-hybridized carbons (Fsp3) is 0.176. The number of fused-ring (bicyclic) bond motifs is 2. The maximum atomic E-state index is 7.14. The summed E-state index contributed by atoms with van der Waals surface area (Å²) in [6.07, 6.45) is 5.56. The number of anilines is 1. The second-order valence-corrected chi connectivity index (χ2v) is 11.2. The maximum Gasteiger partial charge on any atom is 0.225 e. The molecule has 0 aliphatic carbocycles. The minimum absolute atomic E-state index is 0.716. The summed E-state index contributed by atoms with van der Waals surface area (Å²) in [4.78, 5) is 11.1. The van der Waals surface area contributed by atoms with Crippen molar-refractivity contribution < 1.29 is 0 Å². The van der Waals surface area contributed by atoms with E-state index in [4.69, 9.17) is 23.2 Å². The Labute approximate surface area is 244 Å². The molecule has 2 aliphatic heterocycles. The van der Waals surface area contributed by atoms with Crippen molar-refractivity contribution in [3.05, 3.63) is 124 Å². The fourth-order valence-electron chi connectivity index (χ4n) is 5.92. The first-order valence-corrected chi connectivity index (χ1v) is 14.5. The second-order valence-electron chi connectivity index (χ2n) is 10.4. The largest absolute Gasteiger partial charge is 0.336 e. The lowest BCUT2D eigenvalue weighted by atomic mass is 9.91. The van der Waals surface area contributed by atoms with Gasteiger partial charge in [0.1, 0.15) is 0 Å². The van der Waals surface area contributed by atoms with Crippen LogP contribution in [0.4, 0.5) is 5.95 Å². The molecule has 0 spiro atoms. The van der Waals surface area contributed by atoms with Crippen LogP contribution in [0.25, 0.3) is 33.4 Å². The van der Waals surface area contributed by atoms with Gasteiger partial charge in [0, 0.05) is 54.3 Å². The molecule has 0 bridgehead atoms. The predicted octanol–water partition coefficient (Wildman–Crippen LogP) is 7.99. The van der Waals surface area contributed by atoms with E-state index in [9.17, 15) is 0 Å². The molecule has 1 aromatic heterocycles. The number of nitrogens with one attached hydrogen (secondary N) is 1. The van der Waals surface area contributed by atoms with Crippen LogP contribution < -0.4 is 10.2 Å². The fourth-order valence-corrected chi connectivity index (χ4v) is 6.59. The van der Waals surface area contributed by atoms with Crippen LogP contribution in [0.5, 0.6) is 0 Å². The summed E-state index contributed by atoms with van der Waals surface area (Å²) in [5.74, 6) is 0.777. The molecule has 0 saturated heterocycles. The number of hydrogen-bond donors (Lipinski definition) is 1. The summed E-state index contributed by atoms with van der Waals surface area (Å²) in [5.41, 5.74) is 11.6. The SMILES string of the molecule is Clc1c(-c2ccc3c(c2)CCNC3)cccc1-c1cccc(-c2ccc3c(c2)CCN(c2ncccn2)C3)c1Cl. The number of halogens is 2. The van der Waals surface area contributed by atoms with Crippen molar-refractivity contribution in [3.8, 4) is 33.4 Å². The first kappa shape index (κ1) is 25.3. The average molecular weight is 564 g/mol. The zero-order valence-corrected chi connectivity index (χ0v) is 23.5. The minimum atomic E-state index is 0.716. The first-order valence-electron chi connectivity index (χ1n) is 13.7. The van der Waals surface area contributed by atoms with E-state index in [2.05, 4.69) is 93.0 Å². The predicted molar refractivity (Wildman–Crippen MR) is 165 cm³/mol. The van der Waals surface area contributed by atoms with E-state index >= 15 is 0 Å². The monoisotopic (exact) mass is 562 g/mol. The van der Waals surface area contributed by atoms with Crippen molar-refractivity contribution in [1.29, 1.82) is 0 Å². The Balaban J connectivity index is 1.22. The number of benzene rings is 4. The highest BCUT2D eigenvalue weighted by molar-refractivity contribution is 6.39. The maximum absolute atomic E-state index is 7.14. The van der Waals surface area contributed by atoms with E-state index < -0.39 is 0 Å². The van der Waals surface area contributed by atoms with Gasteiger partial charge in [0.25, 0.3) is 0 Å². The highest BCUT2D eigenvalue weighted by atomic mass is 35.5. The van der Waals surface area contributed by atoms with Crippen LogP contribution in [0, 0.1) is 0 Å². The van der Waals surface area contributed by atoms with E-state index in [1.807, 2.05) is 6.07 Å². The highest BCUT2D eigenvalue weighted by Gasteiger charge is 2.21. The normalized spacial score (nSPS) is 14.5. The molecule has 40 heavy (non-hydrogen) atoms. The van der Waals surface area contributed by atoms with Crippen molar-refractivity contribution in [2.24, 2.45) is 0 Å². The number of rotatable bonds is 4. The molecule has 0 unspecified atom stereocenters. The number of aromatic nitrogens is 2. The molecule has 4 aromatic carbocycles. The molecular formula is C34H28Cl2N4. The summed E-state index contributed by atoms with van der Waals surface area (Å²) in [6, 6.07) is 27.6. The molecule has 0 saturated carbocycles. The quantitative estimate of drug-likeness (QED) is 0.241. The summed E-state index contributed by atoms with van der Waals surface area (Å²) in [7, 11) is 0. The smallest absolute Gasteiger partial charge is 0.225 e. The molecule has 2 aliphatic rings. The lowest BCUT2D eigenvalue weighted by Crippen LogP contribution is -2.31. The minimum Gasteiger partial charge on any atom is -0.336 e. The number of nitrogens with zero attached hydrogens (tertiary/aromatic N) is 3. The third kappa shape index (κ3) is 4.66. The zero-order chi connectivity index (χ0) is 27.1. The molecule has 3 heterocycles. The first-order chi connectivity index (χ1) is 19.7. The van der Waals surface area contributed by atoms with Gasteiger partial charge in [-0.1, -0.05) is 96.0 Å². The lowest BCUT2D eigenvalue weighted by molar-refractivity contribution is 0.644. The molecular weight excluding hydrogens is 535 g/mol. The summed E-state index contributed by atoms with van der Waals surface area (Å²) < 4.78 is 0. The Morgan fingerprint density at radius 2 is 1.23 bits per heavy atom. The molecule has 0 radical (unpaired) electrons. The molecule has 0 atom stereocenters. The van der Waals surface area contributed by atoms with Gasteiger partial charge in [0.15, 0.2) is 0 Å². The molecule has 5 aromatic rings. The van der Waals surface area contributed by atoms with E-state index in [0.29, 0.717) is 5.02 Å². The Kier molecular flexibility index (Phi) is 6.76. The van der Waals surface area contributed by atoms with Gasteiger partial charge in [-0.2, -0.15) is 0 Å². The van der Waals surface area contributed by atoms with Crippen molar-refractivity contribution in [3.63, 3.8) is 0 Å². The Hall–Kier alpha value is -3.70. The van der Waals surface area contributed by atoms with Crippen LogP contribution in [0.1, 0.15) is 22.3 Å². The summed E-state index contributed by atoms with van der Waals surface area (Å²) >= 11 is 14.2. The van der Waals surface area contributed by atoms with Crippen molar-refractivity contribution in [1.82, 2.24) is 15.3 Å². The molecule has 6 heteroatoms. The number of hydrogen-bond acceptors (Lipinski definition) is 4. The van der Waals surface area contributed by atoms with Crippen LogP contribution in [0.3, 0.4) is 0 Å². The van der Waals surface area contributed by atoms with E-state index in [1.165, 1.54) is 22.3 Å². The van der Waals surface area contributed by atoms with Crippen LogP contribution in [-0.4, -0.2) is 23.1 Å². The zero-order valence-electron chi connectivity index (χ0n) is 22.0. The average Bonchev–Trinajstić information content (AvgIpc) is 3.01. The van der Waals surface area contributed by atoms with Gasteiger partial charge in [0.2, 0.25) is 5.95 Å². The van der Waals surface area contributed by atoms with Gasteiger partial charge >= 0.3 is 0 Å². The van der Waals surface area contributed by atoms with Crippen LogP contribution in [0.2, 0.25) is 10.0 Å². The Morgan fingerprint density at radius 1 is 0.625 bits per heavy atom. The van der Waals surface area contributed by atoms with Crippen LogP contribution in [-0.2, 0) is 25.9 Å². The molecule has 4 nitrogen and oxygen atoms in total. The Morgan fingerprint density at radius 3 is 1.90 bits per heavy atom.